The number of benzene rings is 3. The van der Waals surface area contributed by atoms with Crippen molar-refractivity contribution in [3.05, 3.63) is 95.6 Å². The first-order valence-electron chi connectivity index (χ1n) is 8.84. The van der Waals surface area contributed by atoms with Gasteiger partial charge in [0.1, 0.15) is 17.1 Å². The molecule has 0 saturated heterocycles. The summed E-state index contributed by atoms with van der Waals surface area (Å²) in [5.74, 6) is 2.25. The molecule has 0 aliphatic carbocycles. The van der Waals surface area contributed by atoms with Gasteiger partial charge in [0.05, 0.1) is 20.8 Å². The van der Waals surface area contributed by atoms with Crippen molar-refractivity contribution in [2.75, 3.05) is 26.6 Å². The standard InChI is InChI=1S/C23H24O3S/c1-24-21-12-8-19(9-13-21)23(26-16-17-27,18-6-4-3-5-7-18)20-10-14-22(25-2)15-11-20/h3-15,27H,16-17H2,1-2H3. The van der Waals surface area contributed by atoms with Gasteiger partial charge in [-0.25, -0.2) is 0 Å². The molecule has 4 heteroatoms. The number of methoxy groups -OCH3 is 2. The predicted molar refractivity (Wildman–Crippen MR) is 112 cm³/mol. The highest BCUT2D eigenvalue weighted by molar-refractivity contribution is 7.80. The number of hydrogen-bond donors (Lipinski definition) is 1. The van der Waals surface area contributed by atoms with Crippen LogP contribution in [0.15, 0.2) is 78.9 Å². The molecule has 3 rings (SSSR count). The highest BCUT2D eigenvalue weighted by Crippen LogP contribution is 2.41. The van der Waals surface area contributed by atoms with Gasteiger partial charge in [0.15, 0.2) is 0 Å². The van der Waals surface area contributed by atoms with Gasteiger partial charge in [-0.15, -0.1) is 0 Å². The fourth-order valence-electron chi connectivity index (χ4n) is 3.27. The second-order valence-corrected chi connectivity index (χ2v) is 6.52. The van der Waals surface area contributed by atoms with Gasteiger partial charge in [0.25, 0.3) is 0 Å². The minimum absolute atomic E-state index is 0.510. The number of rotatable bonds is 8. The Hall–Kier alpha value is -2.43. The molecular formula is C23H24O3S. The molecule has 0 atom stereocenters. The summed E-state index contributed by atoms with van der Waals surface area (Å²) >= 11 is 4.37. The normalized spacial score (nSPS) is 11.2. The molecule has 3 nitrogen and oxygen atoms in total. The van der Waals surface area contributed by atoms with Crippen LogP contribution in [-0.4, -0.2) is 26.6 Å². The molecule has 0 saturated carbocycles. The van der Waals surface area contributed by atoms with Crippen LogP contribution >= 0.6 is 12.6 Å². The Bertz CT molecular complexity index is 782. The third-order valence-corrected chi connectivity index (χ3v) is 4.77. The summed E-state index contributed by atoms with van der Waals surface area (Å²) < 4.78 is 17.2. The zero-order chi connectivity index (χ0) is 19.1. The lowest BCUT2D eigenvalue weighted by Crippen LogP contribution is -2.33. The lowest BCUT2D eigenvalue weighted by molar-refractivity contribution is 0.0234. The van der Waals surface area contributed by atoms with Crippen molar-refractivity contribution in [2.24, 2.45) is 0 Å². The molecule has 0 spiro atoms. The van der Waals surface area contributed by atoms with Crippen LogP contribution in [0.4, 0.5) is 0 Å². The summed E-state index contributed by atoms with van der Waals surface area (Å²) in [6, 6.07) is 26.3. The molecule has 140 valence electrons. The molecule has 0 fully saturated rings. The molecule has 0 aliphatic heterocycles. The monoisotopic (exact) mass is 380 g/mol. The van der Waals surface area contributed by atoms with Gasteiger partial charge in [0.2, 0.25) is 0 Å². The largest absolute Gasteiger partial charge is 0.497 e. The van der Waals surface area contributed by atoms with Crippen LogP contribution in [0.2, 0.25) is 0 Å². The van der Waals surface area contributed by atoms with Crippen molar-refractivity contribution in [2.45, 2.75) is 5.60 Å². The third-order valence-electron chi connectivity index (χ3n) is 4.58. The van der Waals surface area contributed by atoms with Gasteiger partial charge in [0, 0.05) is 5.75 Å². The van der Waals surface area contributed by atoms with E-state index in [2.05, 4.69) is 49.0 Å². The summed E-state index contributed by atoms with van der Waals surface area (Å²) in [4.78, 5) is 0. The van der Waals surface area contributed by atoms with Gasteiger partial charge in [-0.3, -0.25) is 0 Å². The van der Waals surface area contributed by atoms with Crippen LogP contribution in [0, 0.1) is 0 Å². The summed E-state index contributed by atoms with van der Waals surface area (Å²) in [6.45, 7) is 0.510. The maximum atomic E-state index is 6.53. The van der Waals surface area contributed by atoms with E-state index in [9.17, 15) is 0 Å². The van der Waals surface area contributed by atoms with Crippen LogP contribution < -0.4 is 9.47 Å². The van der Waals surface area contributed by atoms with E-state index >= 15 is 0 Å². The van der Waals surface area contributed by atoms with E-state index in [0.29, 0.717) is 12.4 Å². The molecule has 0 unspecified atom stereocenters. The molecule has 0 N–H and O–H groups in total. The summed E-state index contributed by atoms with van der Waals surface area (Å²) in [6.07, 6.45) is 0. The first kappa shape index (κ1) is 19.3. The van der Waals surface area contributed by atoms with E-state index in [1.807, 2.05) is 42.5 Å². The van der Waals surface area contributed by atoms with Crippen molar-refractivity contribution in [1.29, 1.82) is 0 Å². The SMILES string of the molecule is COc1ccc(C(OCCS)(c2ccccc2)c2ccc(OC)cc2)cc1. The topological polar surface area (TPSA) is 27.7 Å². The number of hydrogen-bond acceptors (Lipinski definition) is 4. The smallest absolute Gasteiger partial charge is 0.143 e. The van der Waals surface area contributed by atoms with Gasteiger partial charge in [-0.2, -0.15) is 12.6 Å². The van der Waals surface area contributed by atoms with E-state index in [1.54, 1.807) is 14.2 Å². The van der Waals surface area contributed by atoms with Gasteiger partial charge in [-0.05, 0) is 41.0 Å². The molecule has 0 amide bonds. The van der Waals surface area contributed by atoms with Gasteiger partial charge < -0.3 is 14.2 Å². The fraction of sp³-hybridized carbons (Fsp3) is 0.217. The molecule has 0 aliphatic rings. The van der Waals surface area contributed by atoms with Crippen molar-refractivity contribution in [3.63, 3.8) is 0 Å². The van der Waals surface area contributed by atoms with Crippen LogP contribution in [0.5, 0.6) is 11.5 Å². The minimum atomic E-state index is -0.747. The number of thiol groups is 1. The molecule has 0 bridgehead atoms. The molecule has 0 aromatic heterocycles. The second-order valence-electron chi connectivity index (χ2n) is 6.08. The van der Waals surface area contributed by atoms with E-state index in [-0.39, 0.29) is 0 Å². The molecule has 0 heterocycles. The van der Waals surface area contributed by atoms with Crippen LogP contribution in [0.25, 0.3) is 0 Å². The first-order valence-corrected chi connectivity index (χ1v) is 9.47. The summed E-state index contributed by atoms with van der Waals surface area (Å²) in [7, 11) is 3.33. The van der Waals surface area contributed by atoms with Crippen molar-refractivity contribution in [1.82, 2.24) is 0 Å². The minimum Gasteiger partial charge on any atom is -0.497 e. The molecule has 27 heavy (non-hydrogen) atoms. The van der Waals surface area contributed by atoms with Crippen molar-refractivity contribution < 1.29 is 14.2 Å². The molecular weight excluding hydrogens is 356 g/mol. The highest BCUT2D eigenvalue weighted by Gasteiger charge is 2.37. The van der Waals surface area contributed by atoms with Crippen LogP contribution in [0.3, 0.4) is 0 Å². The summed E-state index contributed by atoms with van der Waals surface area (Å²) in [5.41, 5.74) is 2.37. The molecule has 0 radical (unpaired) electrons. The predicted octanol–water partition coefficient (Wildman–Crippen LogP) is 4.94. The Morgan fingerprint density at radius 1 is 0.667 bits per heavy atom. The van der Waals surface area contributed by atoms with Crippen molar-refractivity contribution >= 4 is 12.6 Å². The van der Waals surface area contributed by atoms with Crippen LogP contribution in [-0.2, 0) is 10.3 Å². The molecule has 3 aromatic carbocycles. The first-order chi connectivity index (χ1) is 13.2. The average molecular weight is 381 g/mol. The van der Waals surface area contributed by atoms with E-state index in [1.165, 1.54) is 0 Å². The Morgan fingerprint density at radius 3 is 1.52 bits per heavy atom. The van der Waals surface area contributed by atoms with Gasteiger partial charge in [-0.1, -0.05) is 54.6 Å². The van der Waals surface area contributed by atoms with Gasteiger partial charge >= 0.3 is 0 Å². The van der Waals surface area contributed by atoms with Crippen LogP contribution in [0.1, 0.15) is 16.7 Å². The third kappa shape index (κ3) is 3.97. The average Bonchev–Trinajstić information content (AvgIpc) is 2.76. The zero-order valence-electron chi connectivity index (χ0n) is 15.6. The zero-order valence-corrected chi connectivity index (χ0v) is 16.5. The quantitative estimate of drug-likeness (QED) is 0.443. The Kier molecular flexibility index (Phi) is 6.43. The Balaban J connectivity index is 2.22. The summed E-state index contributed by atoms with van der Waals surface area (Å²) in [5, 5.41) is 0. The van der Waals surface area contributed by atoms with E-state index in [0.717, 1.165) is 28.2 Å². The highest BCUT2D eigenvalue weighted by atomic mass is 32.1. The maximum absolute atomic E-state index is 6.53. The number of ether oxygens (including phenoxy) is 3. The van der Waals surface area contributed by atoms with Crippen molar-refractivity contribution in [3.8, 4) is 11.5 Å². The maximum Gasteiger partial charge on any atom is 0.143 e. The Morgan fingerprint density at radius 2 is 1.11 bits per heavy atom. The molecule has 3 aromatic rings. The second kappa shape index (κ2) is 8.98. The Labute approximate surface area is 166 Å². The lowest BCUT2D eigenvalue weighted by Gasteiger charge is -2.36. The lowest BCUT2D eigenvalue weighted by atomic mass is 9.80. The van der Waals surface area contributed by atoms with E-state index in [4.69, 9.17) is 14.2 Å². The fourth-order valence-corrected chi connectivity index (χ4v) is 3.36. The van der Waals surface area contributed by atoms with E-state index < -0.39 is 5.60 Å².